The molecular weight excluding hydrogens is 252 g/mol. The first-order valence-corrected chi connectivity index (χ1v) is 7.15. The van der Waals surface area contributed by atoms with Crippen LogP contribution in [-0.2, 0) is 16.1 Å². The minimum atomic E-state index is 0.000902. The third kappa shape index (κ3) is 6.92. The van der Waals surface area contributed by atoms with Gasteiger partial charge < -0.3 is 10.6 Å². The molecule has 0 aliphatic heterocycles. The minimum Gasteiger partial charge on any atom is -0.356 e. The van der Waals surface area contributed by atoms with Crippen molar-refractivity contribution in [2.24, 2.45) is 0 Å². The molecule has 4 heteroatoms. The summed E-state index contributed by atoms with van der Waals surface area (Å²) in [6, 6.07) is 8.05. The molecule has 0 bridgehead atoms. The molecule has 1 aromatic rings. The Morgan fingerprint density at radius 1 is 1.05 bits per heavy atom. The molecule has 110 valence electrons. The third-order valence-electron chi connectivity index (χ3n) is 3.19. The van der Waals surface area contributed by atoms with Gasteiger partial charge in [-0.1, -0.05) is 30.7 Å². The summed E-state index contributed by atoms with van der Waals surface area (Å²) in [7, 11) is 0. The number of carbonyl (C=O) groups excluding carboxylic acids is 2. The summed E-state index contributed by atoms with van der Waals surface area (Å²) < 4.78 is 0. The summed E-state index contributed by atoms with van der Waals surface area (Å²) in [5, 5.41) is 5.69. The fourth-order valence-corrected chi connectivity index (χ4v) is 1.94. The standard InChI is InChI=1S/C16H24N2O2/c1-13-8-5-6-9-15(13)12-18-16(20)10-4-3-7-11-17-14(2)19/h5-6,8-9H,3-4,7,10-12H2,1-2H3,(H,17,19)(H,18,20). The number of hydrogen-bond acceptors (Lipinski definition) is 2. The zero-order valence-corrected chi connectivity index (χ0v) is 12.4. The molecule has 1 aromatic carbocycles. The summed E-state index contributed by atoms with van der Waals surface area (Å²) in [4.78, 5) is 22.3. The van der Waals surface area contributed by atoms with Gasteiger partial charge in [-0.05, 0) is 30.9 Å². The van der Waals surface area contributed by atoms with Crippen molar-refractivity contribution in [3.05, 3.63) is 35.4 Å². The first kappa shape index (κ1) is 16.2. The smallest absolute Gasteiger partial charge is 0.220 e. The highest BCUT2D eigenvalue weighted by atomic mass is 16.2. The van der Waals surface area contributed by atoms with Crippen molar-refractivity contribution in [2.75, 3.05) is 6.54 Å². The van der Waals surface area contributed by atoms with Gasteiger partial charge in [0.2, 0.25) is 11.8 Å². The Hall–Kier alpha value is -1.84. The molecule has 0 atom stereocenters. The van der Waals surface area contributed by atoms with Gasteiger partial charge in [-0.2, -0.15) is 0 Å². The van der Waals surface area contributed by atoms with Gasteiger partial charge in [0.1, 0.15) is 0 Å². The molecule has 2 N–H and O–H groups in total. The van der Waals surface area contributed by atoms with Crippen molar-refractivity contribution >= 4 is 11.8 Å². The zero-order chi connectivity index (χ0) is 14.8. The SMILES string of the molecule is CC(=O)NCCCCCC(=O)NCc1ccccc1C. The monoisotopic (exact) mass is 276 g/mol. The Morgan fingerprint density at radius 3 is 2.50 bits per heavy atom. The highest BCUT2D eigenvalue weighted by molar-refractivity contribution is 5.75. The van der Waals surface area contributed by atoms with Crippen LogP contribution in [0.3, 0.4) is 0 Å². The number of carbonyl (C=O) groups is 2. The Morgan fingerprint density at radius 2 is 1.80 bits per heavy atom. The highest BCUT2D eigenvalue weighted by Gasteiger charge is 2.02. The molecule has 4 nitrogen and oxygen atoms in total. The van der Waals surface area contributed by atoms with Gasteiger partial charge in [0.25, 0.3) is 0 Å². The lowest BCUT2D eigenvalue weighted by molar-refractivity contribution is -0.121. The van der Waals surface area contributed by atoms with Crippen molar-refractivity contribution < 1.29 is 9.59 Å². The van der Waals surface area contributed by atoms with Gasteiger partial charge in [-0.25, -0.2) is 0 Å². The molecule has 0 fully saturated rings. The molecule has 0 heterocycles. The summed E-state index contributed by atoms with van der Waals surface area (Å²) >= 11 is 0. The Bertz CT molecular complexity index is 444. The van der Waals surface area contributed by atoms with E-state index in [2.05, 4.69) is 10.6 Å². The first-order chi connectivity index (χ1) is 9.59. The molecule has 20 heavy (non-hydrogen) atoms. The molecule has 0 radical (unpaired) electrons. The van der Waals surface area contributed by atoms with Crippen LogP contribution in [0, 0.1) is 6.92 Å². The molecule has 2 amide bonds. The van der Waals surface area contributed by atoms with Gasteiger partial charge in [0.05, 0.1) is 0 Å². The average Bonchev–Trinajstić information content (AvgIpc) is 2.41. The van der Waals surface area contributed by atoms with E-state index in [4.69, 9.17) is 0 Å². The topological polar surface area (TPSA) is 58.2 Å². The van der Waals surface area contributed by atoms with Gasteiger partial charge in [-0.3, -0.25) is 9.59 Å². The van der Waals surface area contributed by atoms with Crippen LogP contribution in [0.2, 0.25) is 0 Å². The van der Waals surface area contributed by atoms with Crippen LogP contribution in [0.5, 0.6) is 0 Å². The maximum Gasteiger partial charge on any atom is 0.220 e. The fraction of sp³-hybridized carbons (Fsp3) is 0.500. The Labute approximate surface area is 121 Å². The van der Waals surface area contributed by atoms with Gasteiger partial charge in [-0.15, -0.1) is 0 Å². The number of benzene rings is 1. The highest BCUT2D eigenvalue weighted by Crippen LogP contribution is 2.06. The lowest BCUT2D eigenvalue weighted by Gasteiger charge is -2.08. The summed E-state index contributed by atoms with van der Waals surface area (Å²) in [5.74, 6) is 0.0914. The number of amides is 2. The van der Waals surface area contributed by atoms with Crippen molar-refractivity contribution in [1.29, 1.82) is 0 Å². The predicted molar refractivity (Wildman–Crippen MR) is 80.2 cm³/mol. The van der Waals surface area contributed by atoms with Crippen LogP contribution in [0.15, 0.2) is 24.3 Å². The van der Waals surface area contributed by atoms with E-state index in [1.54, 1.807) is 0 Å². The molecule has 0 saturated heterocycles. The lowest BCUT2D eigenvalue weighted by atomic mass is 10.1. The second kappa shape index (κ2) is 9.13. The normalized spacial score (nSPS) is 10.1. The van der Waals surface area contributed by atoms with E-state index >= 15 is 0 Å². The van der Waals surface area contributed by atoms with E-state index in [9.17, 15) is 9.59 Å². The number of nitrogens with one attached hydrogen (secondary N) is 2. The van der Waals surface area contributed by atoms with Crippen LogP contribution in [0.4, 0.5) is 0 Å². The maximum atomic E-state index is 11.7. The largest absolute Gasteiger partial charge is 0.356 e. The van der Waals surface area contributed by atoms with Gasteiger partial charge in [0.15, 0.2) is 0 Å². The minimum absolute atomic E-state index is 0.000902. The number of hydrogen-bond donors (Lipinski definition) is 2. The molecule has 0 aromatic heterocycles. The van der Waals surface area contributed by atoms with Crippen LogP contribution in [0.1, 0.15) is 43.7 Å². The van der Waals surface area contributed by atoms with E-state index in [0.717, 1.165) is 24.8 Å². The molecule has 0 spiro atoms. The third-order valence-corrected chi connectivity index (χ3v) is 3.19. The Balaban J connectivity index is 2.09. The molecule has 0 unspecified atom stereocenters. The van der Waals surface area contributed by atoms with Crippen molar-refractivity contribution in [3.63, 3.8) is 0 Å². The average molecular weight is 276 g/mol. The molecule has 0 saturated carbocycles. The molecule has 0 aliphatic rings. The summed E-state index contributed by atoms with van der Waals surface area (Å²) in [6.45, 7) is 4.85. The molecule has 1 rings (SSSR count). The predicted octanol–water partition coefficient (Wildman–Crippen LogP) is 2.31. The van der Waals surface area contributed by atoms with Crippen LogP contribution < -0.4 is 10.6 Å². The van der Waals surface area contributed by atoms with Gasteiger partial charge in [0, 0.05) is 26.4 Å². The van der Waals surface area contributed by atoms with E-state index in [0.29, 0.717) is 19.5 Å². The van der Waals surface area contributed by atoms with Crippen LogP contribution >= 0.6 is 0 Å². The zero-order valence-electron chi connectivity index (χ0n) is 12.4. The maximum absolute atomic E-state index is 11.7. The van der Waals surface area contributed by atoms with E-state index < -0.39 is 0 Å². The first-order valence-electron chi connectivity index (χ1n) is 7.15. The number of aryl methyl sites for hydroxylation is 1. The van der Waals surface area contributed by atoms with Crippen molar-refractivity contribution in [1.82, 2.24) is 10.6 Å². The van der Waals surface area contributed by atoms with E-state index in [1.165, 1.54) is 12.5 Å². The summed E-state index contributed by atoms with van der Waals surface area (Å²) in [5.41, 5.74) is 2.36. The second-order valence-corrected chi connectivity index (χ2v) is 5.00. The quantitative estimate of drug-likeness (QED) is 0.716. The van der Waals surface area contributed by atoms with Crippen molar-refractivity contribution in [2.45, 2.75) is 46.1 Å². The molecular formula is C16H24N2O2. The number of rotatable bonds is 8. The fourth-order valence-electron chi connectivity index (χ4n) is 1.94. The van der Waals surface area contributed by atoms with Crippen molar-refractivity contribution in [3.8, 4) is 0 Å². The van der Waals surface area contributed by atoms with E-state index in [1.807, 2.05) is 31.2 Å². The number of unbranched alkanes of at least 4 members (excludes halogenated alkanes) is 2. The summed E-state index contributed by atoms with van der Waals surface area (Å²) in [6.07, 6.45) is 3.29. The van der Waals surface area contributed by atoms with Gasteiger partial charge >= 0.3 is 0 Å². The lowest BCUT2D eigenvalue weighted by Crippen LogP contribution is -2.23. The second-order valence-electron chi connectivity index (χ2n) is 5.00. The van der Waals surface area contributed by atoms with E-state index in [-0.39, 0.29) is 11.8 Å². The van der Waals surface area contributed by atoms with Crippen LogP contribution in [0.25, 0.3) is 0 Å². The van der Waals surface area contributed by atoms with Crippen LogP contribution in [-0.4, -0.2) is 18.4 Å². The molecule has 0 aliphatic carbocycles. The Kier molecular flexibility index (Phi) is 7.40.